The van der Waals surface area contributed by atoms with Crippen LogP contribution in [0, 0.1) is 5.92 Å². The van der Waals surface area contributed by atoms with Crippen molar-refractivity contribution < 1.29 is 13.2 Å². The molecule has 0 radical (unpaired) electrons. The lowest BCUT2D eigenvalue weighted by Gasteiger charge is -2.38. The van der Waals surface area contributed by atoms with Gasteiger partial charge in [0.2, 0.25) is 0 Å². The van der Waals surface area contributed by atoms with Gasteiger partial charge < -0.3 is 0 Å². The summed E-state index contributed by atoms with van der Waals surface area (Å²) in [6, 6.07) is 0. The molecule has 102 valence electrons. The molecule has 0 aromatic heterocycles. The average molecular weight is 270 g/mol. The summed E-state index contributed by atoms with van der Waals surface area (Å²) in [4.78, 5) is 12.3. The maximum absolute atomic E-state index is 12.3. The van der Waals surface area contributed by atoms with Crippen LogP contribution in [0.3, 0.4) is 0 Å². The van der Waals surface area contributed by atoms with Crippen molar-refractivity contribution in [1.29, 1.82) is 0 Å². The van der Waals surface area contributed by atoms with E-state index in [1.807, 2.05) is 20.8 Å². The van der Waals surface area contributed by atoms with Gasteiger partial charge in [-0.3, -0.25) is 4.79 Å². The van der Waals surface area contributed by atoms with E-state index in [0.29, 0.717) is 12.8 Å². The molecule has 2 aliphatic heterocycles. The normalized spacial score (nSPS) is 33.8. The van der Waals surface area contributed by atoms with E-state index in [9.17, 15) is 13.2 Å². The first-order valence-electron chi connectivity index (χ1n) is 6.75. The van der Waals surface area contributed by atoms with Crippen LogP contribution in [-0.2, 0) is 14.6 Å². The van der Waals surface area contributed by atoms with E-state index in [1.54, 1.807) is 0 Å². The fraction of sp³-hybridized carbons (Fsp3) is 0.786. The molecular weight excluding hydrogens is 248 g/mol. The van der Waals surface area contributed by atoms with Crippen LogP contribution in [0.15, 0.2) is 11.1 Å². The Hall–Kier alpha value is -0.640. The molecule has 2 unspecified atom stereocenters. The molecule has 2 atom stereocenters. The fourth-order valence-corrected chi connectivity index (χ4v) is 5.71. The highest BCUT2D eigenvalue weighted by Gasteiger charge is 2.45. The monoisotopic (exact) mass is 270 g/mol. The van der Waals surface area contributed by atoms with E-state index in [4.69, 9.17) is 0 Å². The molecule has 3 nitrogen and oxygen atoms in total. The predicted molar refractivity (Wildman–Crippen MR) is 72.1 cm³/mol. The van der Waals surface area contributed by atoms with Gasteiger partial charge in [0, 0.05) is 5.92 Å². The maximum atomic E-state index is 12.3. The third-order valence-corrected chi connectivity index (χ3v) is 7.28. The van der Waals surface area contributed by atoms with Gasteiger partial charge in [-0.2, -0.15) is 0 Å². The van der Waals surface area contributed by atoms with E-state index >= 15 is 0 Å². The molecule has 2 aliphatic rings. The molecule has 2 heterocycles. The molecule has 2 saturated heterocycles. The standard InChI is InChI=1S/C14H22O3S/c1-9(2)10(3)14(15)11-7-12-5-4-6-13(8-11)18(12,16)17/h11-13H,4-8H2,1-3H3. The van der Waals surface area contributed by atoms with Crippen molar-refractivity contribution in [3.05, 3.63) is 11.1 Å². The lowest BCUT2D eigenvalue weighted by atomic mass is 9.84. The third kappa shape index (κ3) is 2.27. The molecule has 0 aliphatic carbocycles. The summed E-state index contributed by atoms with van der Waals surface area (Å²) >= 11 is 0. The molecule has 2 bridgehead atoms. The van der Waals surface area contributed by atoms with Crippen LogP contribution in [0.25, 0.3) is 0 Å². The average Bonchev–Trinajstić information content (AvgIpc) is 2.25. The van der Waals surface area contributed by atoms with Crippen molar-refractivity contribution in [2.75, 3.05) is 0 Å². The molecule has 18 heavy (non-hydrogen) atoms. The topological polar surface area (TPSA) is 51.2 Å². The second-order valence-electron chi connectivity index (χ2n) is 5.92. The molecule has 4 heteroatoms. The number of hydrogen-bond donors (Lipinski definition) is 0. The lowest BCUT2D eigenvalue weighted by molar-refractivity contribution is -0.119. The van der Waals surface area contributed by atoms with Crippen LogP contribution >= 0.6 is 0 Å². The molecule has 0 aromatic carbocycles. The van der Waals surface area contributed by atoms with Crippen LogP contribution in [0.2, 0.25) is 0 Å². The van der Waals surface area contributed by atoms with Crippen molar-refractivity contribution in [2.45, 2.75) is 63.4 Å². The fourth-order valence-electron chi connectivity index (χ4n) is 3.18. The van der Waals surface area contributed by atoms with Crippen LogP contribution in [0.5, 0.6) is 0 Å². The minimum absolute atomic E-state index is 0.0706. The smallest absolute Gasteiger partial charge is 0.161 e. The summed E-state index contributed by atoms with van der Waals surface area (Å²) in [7, 11) is -2.95. The molecule has 0 N–H and O–H groups in total. The Morgan fingerprint density at radius 2 is 1.50 bits per heavy atom. The van der Waals surface area contributed by atoms with E-state index < -0.39 is 9.84 Å². The summed E-state index contributed by atoms with van der Waals surface area (Å²) in [5.74, 6) is 0.0977. The molecular formula is C14H22O3S. The number of rotatable bonds is 2. The van der Waals surface area contributed by atoms with Gasteiger partial charge in [-0.05, 0) is 52.0 Å². The van der Waals surface area contributed by atoms with Crippen LogP contribution in [0.4, 0.5) is 0 Å². The first-order chi connectivity index (χ1) is 8.34. The number of hydrogen-bond acceptors (Lipinski definition) is 3. The van der Waals surface area contributed by atoms with Crippen molar-refractivity contribution >= 4 is 15.6 Å². The number of allylic oxidation sites excluding steroid dienone is 2. The second-order valence-corrected chi connectivity index (χ2v) is 8.43. The largest absolute Gasteiger partial charge is 0.294 e. The Bertz CT molecular complexity index is 463. The number of carbonyl (C=O) groups is 1. The van der Waals surface area contributed by atoms with Crippen LogP contribution in [-0.4, -0.2) is 24.7 Å². The van der Waals surface area contributed by atoms with Gasteiger partial charge in [0.25, 0.3) is 0 Å². The molecule has 0 aromatic rings. The van der Waals surface area contributed by atoms with E-state index in [1.165, 1.54) is 0 Å². The number of Topliss-reactive ketones (excluding diaryl/α,β-unsaturated/α-hetero) is 1. The van der Waals surface area contributed by atoms with Crippen molar-refractivity contribution in [3.63, 3.8) is 0 Å². The number of carbonyl (C=O) groups excluding carboxylic acids is 1. The van der Waals surface area contributed by atoms with Gasteiger partial charge in [-0.25, -0.2) is 8.42 Å². The van der Waals surface area contributed by atoms with E-state index in [0.717, 1.165) is 30.4 Å². The Labute approximate surface area is 110 Å². The summed E-state index contributed by atoms with van der Waals surface area (Å²) < 4.78 is 24.3. The van der Waals surface area contributed by atoms with Crippen molar-refractivity contribution in [3.8, 4) is 0 Å². The van der Waals surface area contributed by atoms with Gasteiger partial charge in [-0.1, -0.05) is 12.0 Å². The van der Waals surface area contributed by atoms with E-state index in [2.05, 4.69) is 0 Å². The highest BCUT2D eigenvalue weighted by atomic mass is 32.2. The highest BCUT2D eigenvalue weighted by molar-refractivity contribution is 7.92. The lowest BCUT2D eigenvalue weighted by Crippen LogP contribution is -2.45. The molecule has 0 spiro atoms. The van der Waals surface area contributed by atoms with Gasteiger partial charge in [-0.15, -0.1) is 0 Å². The van der Waals surface area contributed by atoms with Crippen LogP contribution < -0.4 is 0 Å². The zero-order valence-corrected chi connectivity index (χ0v) is 12.2. The van der Waals surface area contributed by atoms with Gasteiger partial charge >= 0.3 is 0 Å². The third-order valence-electron chi connectivity index (χ3n) is 4.57. The maximum Gasteiger partial charge on any atom is 0.161 e. The molecule has 0 amide bonds. The summed E-state index contributed by atoms with van der Waals surface area (Å²) in [6.07, 6.45) is 3.58. The first-order valence-corrected chi connectivity index (χ1v) is 8.36. The van der Waals surface area contributed by atoms with Gasteiger partial charge in [0.1, 0.15) is 0 Å². The Balaban J connectivity index is 2.21. The Kier molecular flexibility index (Phi) is 3.67. The Morgan fingerprint density at radius 3 is 1.94 bits per heavy atom. The predicted octanol–water partition coefficient (Wildman–Crippen LogP) is 2.66. The number of ketones is 1. The van der Waals surface area contributed by atoms with Gasteiger partial charge in [0.05, 0.1) is 10.5 Å². The zero-order valence-electron chi connectivity index (χ0n) is 11.4. The molecule has 2 fully saturated rings. The highest BCUT2D eigenvalue weighted by Crippen LogP contribution is 2.40. The van der Waals surface area contributed by atoms with E-state index in [-0.39, 0.29) is 22.2 Å². The van der Waals surface area contributed by atoms with Crippen molar-refractivity contribution in [2.24, 2.45) is 5.92 Å². The SMILES string of the molecule is CC(C)=C(C)C(=O)C1CC2CCCC(C1)S2(=O)=O. The molecule has 0 saturated carbocycles. The van der Waals surface area contributed by atoms with Crippen molar-refractivity contribution in [1.82, 2.24) is 0 Å². The summed E-state index contributed by atoms with van der Waals surface area (Å²) in [6.45, 7) is 5.73. The summed E-state index contributed by atoms with van der Waals surface area (Å²) in [5, 5.41) is -0.521. The first kappa shape index (κ1) is 13.8. The zero-order chi connectivity index (χ0) is 13.5. The number of fused-ring (bicyclic) bond motifs is 2. The minimum Gasteiger partial charge on any atom is -0.294 e. The second kappa shape index (κ2) is 4.80. The van der Waals surface area contributed by atoms with Crippen LogP contribution in [0.1, 0.15) is 52.9 Å². The Morgan fingerprint density at radius 1 is 1.00 bits per heavy atom. The quantitative estimate of drug-likeness (QED) is 0.725. The minimum atomic E-state index is -2.95. The molecule has 2 rings (SSSR count). The number of sulfone groups is 1. The van der Waals surface area contributed by atoms with Gasteiger partial charge in [0.15, 0.2) is 15.6 Å². The summed E-state index contributed by atoms with van der Waals surface area (Å²) in [5.41, 5.74) is 1.86.